The molecule has 0 aromatic heterocycles. The second-order valence-corrected chi connectivity index (χ2v) is 13.7. The zero-order valence-electron chi connectivity index (χ0n) is 23.5. The van der Waals surface area contributed by atoms with Crippen LogP contribution in [0.15, 0.2) is 54.6 Å². The maximum atomic E-state index is 14.6. The Kier molecular flexibility index (Phi) is 7.72. The number of carbonyl (C=O) groups excluding carboxylic acids is 3. The number of hydrogen-bond acceptors (Lipinski definition) is 5. The number of anilines is 1. The van der Waals surface area contributed by atoms with Gasteiger partial charge in [0.25, 0.3) is 0 Å². The molecule has 39 heavy (non-hydrogen) atoms. The zero-order chi connectivity index (χ0) is 27.9. The largest absolute Gasteiger partial charge is 0.394 e. The van der Waals surface area contributed by atoms with Crippen LogP contribution in [0.4, 0.5) is 5.69 Å². The van der Waals surface area contributed by atoms with Gasteiger partial charge in [0, 0.05) is 30.1 Å². The van der Waals surface area contributed by atoms with Crippen LogP contribution in [0.5, 0.6) is 0 Å². The zero-order valence-corrected chi connectivity index (χ0v) is 24.3. The van der Waals surface area contributed by atoms with E-state index in [4.69, 9.17) is 0 Å². The van der Waals surface area contributed by atoms with Gasteiger partial charge >= 0.3 is 0 Å². The number of thioether (sulfide) groups is 1. The molecular formula is C31H41N3O4S. The molecule has 0 aliphatic carbocycles. The lowest BCUT2D eigenvalue weighted by atomic mass is 9.74. The normalized spacial score (nSPS) is 32.8. The number of aliphatic hydroxyl groups excluding tert-OH is 1. The summed E-state index contributed by atoms with van der Waals surface area (Å²) >= 11 is 1.60. The molecule has 2 saturated heterocycles. The smallest absolute Gasteiger partial charge is 0.247 e. The van der Waals surface area contributed by atoms with Crippen molar-refractivity contribution in [1.29, 1.82) is 0 Å². The van der Waals surface area contributed by atoms with Gasteiger partial charge in [0.1, 0.15) is 6.04 Å². The number of hydrogen-bond donors (Lipinski definition) is 1. The van der Waals surface area contributed by atoms with Crippen LogP contribution in [0.3, 0.4) is 0 Å². The van der Waals surface area contributed by atoms with Crippen LogP contribution in [-0.2, 0) is 14.4 Å². The Labute approximate surface area is 236 Å². The third kappa shape index (κ3) is 4.53. The fourth-order valence-electron chi connectivity index (χ4n) is 7.11. The molecule has 1 unspecified atom stereocenters. The minimum Gasteiger partial charge on any atom is -0.394 e. The van der Waals surface area contributed by atoms with Crippen LogP contribution >= 0.6 is 11.8 Å². The molecule has 1 spiro atoms. The number of fused-ring (bicyclic) bond motifs is 2. The number of carbonyl (C=O) groups is 3. The van der Waals surface area contributed by atoms with Crippen molar-refractivity contribution in [3.05, 3.63) is 54.6 Å². The summed E-state index contributed by atoms with van der Waals surface area (Å²) in [5, 5.41) is 10.5. The molecule has 210 valence electrons. The van der Waals surface area contributed by atoms with Crippen molar-refractivity contribution in [2.45, 2.75) is 68.5 Å². The van der Waals surface area contributed by atoms with E-state index in [0.717, 1.165) is 18.5 Å². The van der Waals surface area contributed by atoms with E-state index in [0.29, 0.717) is 26.1 Å². The molecule has 0 saturated carbocycles. The maximum Gasteiger partial charge on any atom is 0.247 e. The molecule has 1 aromatic carbocycles. The average molecular weight is 552 g/mol. The minimum atomic E-state index is -0.890. The predicted octanol–water partition coefficient (Wildman–Crippen LogP) is 3.88. The average Bonchev–Trinajstić information content (AvgIpc) is 3.19. The Hall–Kier alpha value is -2.58. The van der Waals surface area contributed by atoms with Gasteiger partial charge in [-0.3, -0.25) is 14.4 Å². The second-order valence-electron chi connectivity index (χ2n) is 11.9. The van der Waals surface area contributed by atoms with Gasteiger partial charge in [-0.1, -0.05) is 69.7 Å². The molecule has 4 aliphatic heterocycles. The quantitative estimate of drug-likeness (QED) is 0.496. The predicted molar refractivity (Wildman–Crippen MR) is 155 cm³/mol. The lowest BCUT2D eigenvalue weighted by Gasteiger charge is -2.40. The second kappa shape index (κ2) is 10.8. The van der Waals surface area contributed by atoms with Crippen LogP contribution in [0.25, 0.3) is 0 Å². The summed E-state index contributed by atoms with van der Waals surface area (Å²) in [5.41, 5.74) is 0.799. The molecule has 4 aliphatic rings. The highest BCUT2D eigenvalue weighted by atomic mass is 32.2. The number of benzene rings is 1. The molecule has 5 rings (SSSR count). The Morgan fingerprint density at radius 2 is 1.72 bits per heavy atom. The molecule has 2 fully saturated rings. The molecule has 1 aromatic rings. The van der Waals surface area contributed by atoms with Gasteiger partial charge < -0.3 is 19.8 Å². The van der Waals surface area contributed by atoms with E-state index in [1.807, 2.05) is 54.3 Å². The highest BCUT2D eigenvalue weighted by molar-refractivity contribution is 8.02. The van der Waals surface area contributed by atoms with Crippen molar-refractivity contribution in [1.82, 2.24) is 9.80 Å². The van der Waals surface area contributed by atoms with Crippen LogP contribution in [0.1, 0.15) is 47.0 Å². The van der Waals surface area contributed by atoms with Gasteiger partial charge in [-0.2, -0.15) is 0 Å². The first-order valence-electron chi connectivity index (χ1n) is 14.3. The summed E-state index contributed by atoms with van der Waals surface area (Å²) in [4.78, 5) is 48.7. The highest BCUT2D eigenvalue weighted by Crippen LogP contribution is 2.66. The van der Waals surface area contributed by atoms with Gasteiger partial charge in [-0.05, 0) is 37.8 Å². The third-order valence-corrected chi connectivity index (χ3v) is 10.6. The van der Waals surface area contributed by atoms with E-state index in [1.54, 1.807) is 21.6 Å². The van der Waals surface area contributed by atoms with Crippen molar-refractivity contribution < 1.29 is 19.5 Å². The molecular weight excluding hydrogens is 510 g/mol. The van der Waals surface area contributed by atoms with Crippen molar-refractivity contribution in [3.63, 3.8) is 0 Å². The lowest BCUT2D eigenvalue weighted by molar-refractivity contribution is -0.146. The van der Waals surface area contributed by atoms with Crippen LogP contribution in [0.2, 0.25) is 0 Å². The van der Waals surface area contributed by atoms with Gasteiger partial charge in [0.2, 0.25) is 17.7 Å². The standard InChI is InChI=1S/C31H41N3O4S/c1-5-6-16-32-17-11-15-31-25(28(37)34(26(31)29(32)38)23(20-35)19-21(2)3)24-27(36)33(22-12-8-7-9-13-22)18-10-14-30(24,4)39-31/h7-15,21,23-26,35H,5-6,16-20H2,1-4H3/t23-,24-,25+,26?,30+,31+/m1/s1. The highest BCUT2D eigenvalue weighted by Gasteiger charge is 2.74. The van der Waals surface area contributed by atoms with Crippen LogP contribution in [-0.4, -0.2) is 80.4 Å². The molecule has 3 amide bonds. The first-order chi connectivity index (χ1) is 18.7. The van der Waals surface area contributed by atoms with E-state index in [-0.39, 0.29) is 30.2 Å². The Morgan fingerprint density at radius 1 is 1.00 bits per heavy atom. The summed E-state index contributed by atoms with van der Waals surface area (Å²) in [6.07, 6.45) is 10.6. The number of nitrogens with zero attached hydrogens (tertiary/aromatic N) is 3. The summed E-state index contributed by atoms with van der Waals surface area (Å²) in [6, 6.07) is 8.34. The maximum absolute atomic E-state index is 14.6. The molecule has 0 bridgehead atoms. The number of aliphatic hydroxyl groups is 1. The van der Waals surface area contributed by atoms with Crippen LogP contribution in [0, 0.1) is 17.8 Å². The Bertz CT molecular complexity index is 1170. The summed E-state index contributed by atoms with van der Waals surface area (Å²) in [6.45, 7) is 9.59. The van der Waals surface area contributed by atoms with Crippen LogP contribution < -0.4 is 4.90 Å². The molecule has 8 heteroatoms. The number of likely N-dealkylation sites (tertiary alicyclic amines) is 1. The fourth-order valence-corrected chi connectivity index (χ4v) is 9.26. The van der Waals surface area contributed by atoms with Crippen molar-refractivity contribution in [2.24, 2.45) is 17.8 Å². The molecule has 7 nitrogen and oxygen atoms in total. The van der Waals surface area contributed by atoms with Crippen molar-refractivity contribution in [2.75, 3.05) is 31.1 Å². The summed E-state index contributed by atoms with van der Waals surface area (Å²) < 4.78 is -1.54. The molecule has 4 heterocycles. The molecule has 0 radical (unpaired) electrons. The number of rotatable bonds is 8. The number of unbranched alkanes of at least 4 members (excludes halogenated alkanes) is 1. The Morgan fingerprint density at radius 3 is 2.38 bits per heavy atom. The van der Waals surface area contributed by atoms with Crippen molar-refractivity contribution >= 4 is 35.2 Å². The topological polar surface area (TPSA) is 81.2 Å². The van der Waals surface area contributed by atoms with E-state index in [2.05, 4.69) is 32.9 Å². The molecule has 1 N–H and O–H groups in total. The third-order valence-electron chi connectivity index (χ3n) is 8.78. The van der Waals surface area contributed by atoms with E-state index in [1.165, 1.54) is 0 Å². The van der Waals surface area contributed by atoms with E-state index < -0.39 is 33.4 Å². The minimum absolute atomic E-state index is 0.0737. The summed E-state index contributed by atoms with van der Waals surface area (Å²) in [7, 11) is 0. The number of amides is 3. The van der Waals surface area contributed by atoms with Gasteiger partial charge in [0.15, 0.2) is 0 Å². The van der Waals surface area contributed by atoms with Gasteiger partial charge in [0.05, 0.1) is 29.2 Å². The molecule has 6 atom stereocenters. The SMILES string of the molecule is CCCCN1CC=C[C@]23S[C@@]4(C)C=CCN(c5ccccc5)C(=O)[C@H]4[C@H]2C(=O)N([C@@H](CO)CC(C)C)C3C1=O. The first kappa shape index (κ1) is 28.0. The van der Waals surface area contributed by atoms with Gasteiger partial charge in [-0.15, -0.1) is 11.8 Å². The lowest BCUT2D eigenvalue weighted by Crippen LogP contribution is -2.57. The monoisotopic (exact) mass is 551 g/mol. The van der Waals surface area contributed by atoms with Crippen molar-refractivity contribution in [3.8, 4) is 0 Å². The Balaban J connectivity index is 1.64. The van der Waals surface area contributed by atoms with Gasteiger partial charge in [-0.25, -0.2) is 0 Å². The van der Waals surface area contributed by atoms with E-state index in [9.17, 15) is 19.5 Å². The first-order valence-corrected chi connectivity index (χ1v) is 15.1. The van der Waals surface area contributed by atoms with E-state index >= 15 is 0 Å². The fraction of sp³-hybridized carbons (Fsp3) is 0.581. The number of para-hydroxylation sites is 1. The summed E-state index contributed by atoms with van der Waals surface area (Å²) in [5.74, 6) is -1.46.